The molecule has 0 unspecified atom stereocenters. The molecule has 11 heteroatoms. The third-order valence-electron chi connectivity index (χ3n) is 9.35. The third kappa shape index (κ3) is 10.9. The van der Waals surface area contributed by atoms with Crippen molar-refractivity contribution < 1.29 is 28.6 Å². The zero-order valence-electron chi connectivity index (χ0n) is 31.1. The molecule has 0 radical (unpaired) electrons. The lowest BCUT2D eigenvalue weighted by Crippen LogP contribution is -2.44. The first kappa shape index (κ1) is 39.2. The number of carbonyl (C=O) groups excluding carboxylic acids is 3. The van der Waals surface area contributed by atoms with Crippen LogP contribution in [0.5, 0.6) is 17.2 Å². The number of likely N-dealkylation sites (tertiary alicyclic amines) is 1. The van der Waals surface area contributed by atoms with Gasteiger partial charge in [-0.2, -0.15) is 0 Å². The summed E-state index contributed by atoms with van der Waals surface area (Å²) in [6.45, 7) is 6.51. The Morgan fingerprint density at radius 1 is 0.941 bits per heavy atom. The molecule has 11 nitrogen and oxygen atoms in total. The van der Waals surface area contributed by atoms with Crippen LogP contribution in [-0.2, 0) is 4.79 Å². The van der Waals surface area contributed by atoms with Crippen molar-refractivity contribution in [2.24, 2.45) is 5.73 Å². The van der Waals surface area contributed by atoms with Crippen molar-refractivity contribution in [1.29, 1.82) is 0 Å². The van der Waals surface area contributed by atoms with Crippen molar-refractivity contribution in [2.45, 2.75) is 70.9 Å². The Balaban J connectivity index is 1.33. The molecule has 0 aromatic heterocycles. The number of benzene rings is 3. The number of ether oxygens (including phenoxy) is 3. The molecule has 1 fully saturated rings. The standard InChI is InChI=1S/C40H55N5O6/c1-28-15-18-34(37(26-28)50-25-11-7-8-14-38(46)45-23-20-31(21-24-45)43(3)4)44(5)40(48)30-16-17-33(36(27-30)49-6)42-39(47)32-12-9-10-13-35(32)51-29(2)19-22-41/h9-10,12-13,15-18,26-27,29,31H,7-8,11,14,19-25,41H2,1-6H3,(H,42,47)/t29-/m1/s1. The summed E-state index contributed by atoms with van der Waals surface area (Å²) in [7, 11) is 7.40. The largest absolute Gasteiger partial charge is 0.495 e. The molecule has 3 amide bonds. The number of para-hydroxylation sites is 1. The molecule has 3 N–H and O–H groups in total. The molecule has 276 valence electrons. The fraction of sp³-hybridized carbons (Fsp3) is 0.475. The highest BCUT2D eigenvalue weighted by molar-refractivity contribution is 6.09. The fourth-order valence-electron chi connectivity index (χ4n) is 6.23. The SMILES string of the molecule is COc1cc(C(=O)N(C)c2ccc(C)cc2OCCCCCC(=O)N2CCC(N(C)C)CC2)ccc1NC(=O)c1ccccc1O[C@H](C)CCN. The van der Waals surface area contributed by atoms with E-state index in [4.69, 9.17) is 19.9 Å². The maximum absolute atomic E-state index is 13.7. The molecule has 0 bridgehead atoms. The van der Waals surface area contributed by atoms with E-state index in [-0.39, 0.29) is 23.8 Å². The molecule has 3 aromatic rings. The van der Waals surface area contributed by atoms with Crippen LogP contribution in [0.15, 0.2) is 60.7 Å². The molecular weight excluding hydrogens is 646 g/mol. The Labute approximate surface area is 303 Å². The van der Waals surface area contributed by atoms with E-state index in [2.05, 4.69) is 24.3 Å². The first-order valence-corrected chi connectivity index (χ1v) is 17.9. The van der Waals surface area contributed by atoms with Crippen LogP contribution in [0.1, 0.15) is 78.1 Å². The predicted molar refractivity (Wildman–Crippen MR) is 202 cm³/mol. The minimum absolute atomic E-state index is 0.149. The highest BCUT2D eigenvalue weighted by atomic mass is 16.5. The maximum Gasteiger partial charge on any atom is 0.259 e. The van der Waals surface area contributed by atoms with E-state index in [1.165, 1.54) is 7.11 Å². The number of nitrogens with zero attached hydrogens (tertiary/aromatic N) is 3. The monoisotopic (exact) mass is 701 g/mol. The Morgan fingerprint density at radius 3 is 2.39 bits per heavy atom. The lowest BCUT2D eigenvalue weighted by Gasteiger charge is -2.35. The highest BCUT2D eigenvalue weighted by Gasteiger charge is 2.24. The second-order valence-corrected chi connectivity index (χ2v) is 13.4. The van der Waals surface area contributed by atoms with Crippen molar-refractivity contribution >= 4 is 29.1 Å². The molecule has 51 heavy (non-hydrogen) atoms. The fourth-order valence-corrected chi connectivity index (χ4v) is 6.23. The number of carbonyl (C=O) groups is 3. The molecular formula is C40H55N5O6. The number of hydrogen-bond acceptors (Lipinski definition) is 8. The number of piperidine rings is 1. The normalized spacial score (nSPS) is 13.8. The van der Waals surface area contributed by atoms with Gasteiger partial charge in [-0.05, 0) is 121 Å². The summed E-state index contributed by atoms with van der Waals surface area (Å²) in [6, 6.07) is 18.2. The summed E-state index contributed by atoms with van der Waals surface area (Å²) in [5.41, 5.74) is 8.49. The minimum atomic E-state index is -0.367. The van der Waals surface area contributed by atoms with Gasteiger partial charge in [0.05, 0.1) is 36.8 Å². The zero-order valence-corrected chi connectivity index (χ0v) is 31.1. The molecule has 0 spiro atoms. The van der Waals surface area contributed by atoms with Gasteiger partial charge in [0.2, 0.25) is 5.91 Å². The van der Waals surface area contributed by atoms with Gasteiger partial charge in [-0.3, -0.25) is 14.4 Å². The first-order valence-electron chi connectivity index (χ1n) is 17.9. The van der Waals surface area contributed by atoms with Crippen molar-refractivity contribution in [2.75, 3.05) is 64.7 Å². The van der Waals surface area contributed by atoms with E-state index in [1.54, 1.807) is 48.3 Å². The number of aryl methyl sites for hydroxylation is 1. The van der Waals surface area contributed by atoms with Crippen LogP contribution >= 0.6 is 0 Å². The van der Waals surface area contributed by atoms with Gasteiger partial charge in [0.15, 0.2) is 0 Å². The van der Waals surface area contributed by atoms with Crippen molar-refractivity contribution in [1.82, 2.24) is 9.80 Å². The van der Waals surface area contributed by atoms with Gasteiger partial charge in [-0.15, -0.1) is 0 Å². The number of anilines is 2. The van der Waals surface area contributed by atoms with Crippen LogP contribution in [0.3, 0.4) is 0 Å². The van der Waals surface area contributed by atoms with Crippen molar-refractivity contribution in [3.05, 3.63) is 77.4 Å². The van der Waals surface area contributed by atoms with Gasteiger partial charge < -0.3 is 40.0 Å². The van der Waals surface area contributed by atoms with E-state index >= 15 is 0 Å². The van der Waals surface area contributed by atoms with E-state index < -0.39 is 0 Å². The van der Waals surface area contributed by atoms with Gasteiger partial charge in [0.1, 0.15) is 17.2 Å². The lowest BCUT2D eigenvalue weighted by atomic mass is 10.0. The first-order chi connectivity index (χ1) is 24.5. The van der Waals surface area contributed by atoms with Gasteiger partial charge in [0, 0.05) is 38.2 Å². The number of nitrogens with two attached hydrogens (primary N) is 1. The molecule has 1 aliphatic heterocycles. The second kappa shape index (κ2) is 19.1. The Kier molecular flexibility index (Phi) is 14.7. The van der Waals surface area contributed by atoms with Crippen LogP contribution in [0.25, 0.3) is 0 Å². The molecule has 4 rings (SSSR count). The molecule has 0 aliphatic carbocycles. The van der Waals surface area contributed by atoms with E-state index in [1.807, 2.05) is 43.0 Å². The third-order valence-corrected chi connectivity index (χ3v) is 9.35. The predicted octanol–water partition coefficient (Wildman–Crippen LogP) is 6.14. The number of methoxy groups -OCH3 is 1. The number of rotatable bonds is 17. The molecule has 0 saturated carbocycles. The Hall–Kier alpha value is -4.61. The Bertz CT molecular complexity index is 1620. The number of hydrogen-bond donors (Lipinski definition) is 2. The molecule has 3 aromatic carbocycles. The van der Waals surface area contributed by atoms with E-state index in [9.17, 15) is 14.4 Å². The van der Waals surface area contributed by atoms with Crippen LogP contribution in [0.4, 0.5) is 11.4 Å². The maximum atomic E-state index is 13.7. The number of amides is 3. The summed E-state index contributed by atoms with van der Waals surface area (Å²) < 4.78 is 17.8. The van der Waals surface area contributed by atoms with Crippen molar-refractivity contribution in [3.63, 3.8) is 0 Å². The summed E-state index contributed by atoms with van der Waals surface area (Å²) in [4.78, 5) is 45.5. The number of unbranched alkanes of at least 4 members (excludes halogenated alkanes) is 2. The molecule has 1 atom stereocenters. The van der Waals surface area contributed by atoms with Crippen LogP contribution in [-0.4, -0.2) is 94.2 Å². The molecule has 1 aliphatic rings. The zero-order chi connectivity index (χ0) is 36.9. The van der Waals surface area contributed by atoms with Gasteiger partial charge in [-0.1, -0.05) is 18.2 Å². The summed E-state index contributed by atoms with van der Waals surface area (Å²) >= 11 is 0. The highest BCUT2D eigenvalue weighted by Crippen LogP contribution is 2.33. The molecule has 1 saturated heterocycles. The average Bonchev–Trinajstić information content (AvgIpc) is 3.12. The average molecular weight is 702 g/mol. The summed E-state index contributed by atoms with van der Waals surface area (Å²) in [5, 5.41) is 2.90. The summed E-state index contributed by atoms with van der Waals surface area (Å²) in [5.74, 6) is 1.03. The van der Waals surface area contributed by atoms with Crippen molar-refractivity contribution in [3.8, 4) is 17.2 Å². The van der Waals surface area contributed by atoms with Crippen LogP contribution in [0.2, 0.25) is 0 Å². The summed E-state index contributed by atoms with van der Waals surface area (Å²) in [6.07, 6.45) is 5.62. The number of nitrogens with one attached hydrogen (secondary N) is 1. The van der Waals surface area contributed by atoms with Crippen LogP contribution < -0.4 is 30.2 Å². The second-order valence-electron chi connectivity index (χ2n) is 13.4. The molecule has 1 heterocycles. The van der Waals surface area contributed by atoms with Crippen LogP contribution in [0, 0.1) is 6.92 Å². The quantitative estimate of drug-likeness (QED) is 0.161. The topological polar surface area (TPSA) is 127 Å². The lowest BCUT2D eigenvalue weighted by molar-refractivity contribution is -0.132. The van der Waals surface area contributed by atoms with Gasteiger partial charge in [0.25, 0.3) is 11.8 Å². The minimum Gasteiger partial charge on any atom is -0.495 e. The van der Waals surface area contributed by atoms with E-state index in [0.717, 1.165) is 50.8 Å². The van der Waals surface area contributed by atoms with Gasteiger partial charge in [-0.25, -0.2) is 0 Å². The smallest absolute Gasteiger partial charge is 0.259 e. The Morgan fingerprint density at radius 2 is 1.69 bits per heavy atom. The van der Waals surface area contributed by atoms with E-state index in [0.29, 0.717) is 71.8 Å². The van der Waals surface area contributed by atoms with Gasteiger partial charge >= 0.3 is 0 Å².